The maximum absolute atomic E-state index is 12.6. The third-order valence-electron chi connectivity index (χ3n) is 4.90. The molecule has 0 heterocycles. The minimum Gasteiger partial charge on any atom is -0.496 e. The number of carbonyl (C=O) groups excluding carboxylic acids is 2. The highest BCUT2D eigenvalue weighted by Gasteiger charge is 2.19. The standard InChI is InChI=1S/C25H32O5/c1-3-4-5-6-7-8-13-18-29-24(26)21-15-10-11-16-22(21)25(27)30-19-20-14-9-12-17-23(20)28-2/h9-12,14-17H,3-8,13,18-19H2,1-2H3. The number of methoxy groups -OCH3 is 1. The van der Waals surface area contributed by atoms with Gasteiger partial charge in [-0.1, -0.05) is 75.8 Å². The number of hydrogen-bond acceptors (Lipinski definition) is 5. The van der Waals surface area contributed by atoms with Gasteiger partial charge in [0, 0.05) is 5.56 Å². The smallest absolute Gasteiger partial charge is 0.339 e. The van der Waals surface area contributed by atoms with Crippen LogP contribution in [0.25, 0.3) is 0 Å². The average molecular weight is 413 g/mol. The van der Waals surface area contributed by atoms with Crippen LogP contribution >= 0.6 is 0 Å². The summed E-state index contributed by atoms with van der Waals surface area (Å²) < 4.78 is 16.1. The van der Waals surface area contributed by atoms with E-state index >= 15 is 0 Å². The zero-order valence-corrected chi connectivity index (χ0v) is 18.0. The van der Waals surface area contributed by atoms with Gasteiger partial charge in [-0.05, 0) is 24.6 Å². The summed E-state index contributed by atoms with van der Waals surface area (Å²) in [6.45, 7) is 2.62. The van der Waals surface area contributed by atoms with Crippen molar-refractivity contribution in [2.75, 3.05) is 13.7 Å². The summed E-state index contributed by atoms with van der Waals surface area (Å²) >= 11 is 0. The minimum absolute atomic E-state index is 0.0598. The van der Waals surface area contributed by atoms with E-state index in [0.717, 1.165) is 24.8 Å². The number of hydrogen-bond donors (Lipinski definition) is 0. The predicted molar refractivity (Wildman–Crippen MR) is 117 cm³/mol. The molecule has 0 aromatic heterocycles. The van der Waals surface area contributed by atoms with Crippen LogP contribution in [0, 0.1) is 0 Å². The Morgan fingerprint density at radius 3 is 1.97 bits per heavy atom. The zero-order valence-electron chi connectivity index (χ0n) is 18.0. The first kappa shape index (κ1) is 23.5. The van der Waals surface area contributed by atoms with Crippen molar-refractivity contribution in [3.8, 4) is 5.75 Å². The second-order valence-electron chi connectivity index (χ2n) is 7.19. The van der Waals surface area contributed by atoms with Gasteiger partial charge in [0.2, 0.25) is 0 Å². The monoisotopic (exact) mass is 412 g/mol. The minimum atomic E-state index is -0.565. The highest BCUT2D eigenvalue weighted by molar-refractivity contribution is 6.03. The molecule has 0 bridgehead atoms. The third kappa shape index (κ3) is 7.54. The van der Waals surface area contributed by atoms with E-state index in [0.29, 0.717) is 12.4 Å². The van der Waals surface area contributed by atoms with E-state index < -0.39 is 11.9 Å². The number of esters is 2. The van der Waals surface area contributed by atoms with E-state index in [1.54, 1.807) is 37.4 Å². The third-order valence-corrected chi connectivity index (χ3v) is 4.90. The topological polar surface area (TPSA) is 61.8 Å². The van der Waals surface area contributed by atoms with Crippen LogP contribution in [0.1, 0.15) is 78.1 Å². The Kier molecular flexibility index (Phi) is 10.5. The van der Waals surface area contributed by atoms with Crippen molar-refractivity contribution >= 4 is 11.9 Å². The zero-order chi connectivity index (χ0) is 21.6. The molecular formula is C25H32O5. The molecule has 0 spiro atoms. The number of carbonyl (C=O) groups is 2. The first-order valence-electron chi connectivity index (χ1n) is 10.7. The molecule has 0 atom stereocenters. The van der Waals surface area contributed by atoms with Crippen molar-refractivity contribution < 1.29 is 23.8 Å². The van der Waals surface area contributed by atoms with Crippen molar-refractivity contribution in [1.82, 2.24) is 0 Å². The Morgan fingerprint density at radius 2 is 1.30 bits per heavy atom. The van der Waals surface area contributed by atoms with Gasteiger partial charge in [0.15, 0.2) is 0 Å². The maximum atomic E-state index is 12.6. The van der Waals surface area contributed by atoms with Gasteiger partial charge in [0.05, 0.1) is 24.8 Å². The highest BCUT2D eigenvalue weighted by atomic mass is 16.5. The molecule has 30 heavy (non-hydrogen) atoms. The van der Waals surface area contributed by atoms with Crippen molar-refractivity contribution in [3.05, 3.63) is 65.2 Å². The first-order chi connectivity index (χ1) is 14.7. The van der Waals surface area contributed by atoms with Crippen LogP contribution in [0.3, 0.4) is 0 Å². The SMILES string of the molecule is CCCCCCCCCOC(=O)c1ccccc1C(=O)OCc1ccccc1OC. The van der Waals surface area contributed by atoms with Crippen LogP contribution in [-0.2, 0) is 16.1 Å². The summed E-state index contributed by atoms with van der Waals surface area (Å²) in [4.78, 5) is 25.0. The van der Waals surface area contributed by atoms with E-state index in [4.69, 9.17) is 14.2 Å². The molecule has 2 aromatic carbocycles. The molecule has 0 aliphatic heterocycles. The Morgan fingerprint density at radius 1 is 0.733 bits per heavy atom. The number of ether oxygens (including phenoxy) is 3. The number of unbranched alkanes of at least 4 members (excludes halogenated alkanes) is 6. The fourth-order valence-electron chi connectivity index (χ4n) is 3.18. The molecule has 0 saturated carbocycles. The second kappa shape index (κ2) is 13.4. The quantitative estimate of drug-likeness (QED) is 0.300. The van der Waals surface area contributed by atoms with E-state index in [9.17, 15) is 9.59 Å². The Labute approximate surface area is 179 Å². The Hall–Kier alpha value is -2.82. The van der Waals surface area contributed by atoms with Gasteiger partial charge in [-0.15, -0.1) is 0 Å². The lowest BCUT2D eigenvalue weighted by atomic mass is 10.1. The van der Waals surface area contributed by atoms with E-state index in [1.807, 2.05) is 18.2 Å². The van der Waals surface area contributed by atoms with Crippen molar-refractivity contribution in [3.63, 3.8) is 0 Å². The van der Waals surface area contributed by atoms with E-state index in [-0.39, 0.29) is 17.7 Å². The maximum Gasteiger partial charge on any atom is 0.339 e. The molecule has 0 radical (unpaired) electrons. The van der Waals surface area contributed by atoms with E-state index in [1.165, 1.54) is 25.7 Å². The molecule has 162 valence electrons. The Bertz CT molecular complexity index is 800. The van der Waals surface area contributed by atoms with Crippen LogP contribution in [0.5, 0.6) is 5.75 Å². The molecule has 0 unspecified atom stereocenters. The van der Waals surface area contributed by atoms with Crippen LogP contribution in [0.4, 0.5) is 0 Å². The summed E-state index contributed by atoms with van der Waals surface area (Å²) in [7, 11) is 1.57. The van der Waals surface area contributed by atoms with Crippen LogP contribution in [0.2, 0.25) is 0 Å². The average Bonchev–Trinajstić information content (AvgIpc) is 2.79. The van der Waals surface area contributed by atoms with Crippen molar-refractivity contribution in [2.24, 2.45) is 0 Å². The summed E-state index contributed by atoms with van der Waals surface area (Å²) in [5.74, 6) is -0.414. The van der Waals surface area contributed by atoms with Gasteiger partial charge in [-0.3, -0.25) is 0 Å². The fourth-order valence-corrected chi connectivity index (χ4v) is 3.18. The largest absolute Gasteiger partial charge is 0.496 e. The lowest BCUT2D eigenvalue weighted by molar-refractivity contribution is 0.0434. The van der Waals surface area contributed by atoms with Crippen molar-refractivity contribution in [2.45, 2.75) is 58.5 Å². The first-order valence-corrected chi connectivity index (χ1v) is 10.7. The molecule has 2 rings (SSSR count). The molecule has 2 aromatic rings. The van der Waals surface area contributed by atoms with Crippen LogP contribution in [-0.4, -0.2) is 25.7 Å². The van der Waals surface area contributed by atoms with Gasteiger partial charge in [0.1, 0.15) is 12.4 Å². The fraction of sp³-hybridized carbons (Fsp3) is 0.440. The molecular weight excluding hydrogens is 380 g/mol. The van der Waals surface area contributed by atoms with Gasteiger partial charge in [-0.25, -0.2) is 9.59 Å². The molecule has 5 nitrogen and oxygen atoms in total. The lowest BCUT2D eigenvalue weighted by Crippen LogP contribution is -2.14. The van der Waals surface area contributed by atoms with Gasteiger partial charge in [0.25, 0.3) is 0 Å². The normalized spacial score (nSPS) is 10.5. The number of benzene rings is 2. The van der Waals surface area contributed by atoms with Gasteiger partial charge < -0.3 is 14.2 Å². The Balaban J connectivity index is 1.85. The number of rotatable bonds is 13. The van der Waals surface area contributed by atoms with Gasteiger partial charge >= 0.3 is 11.9 Å². The van der Waals surface area contributed by atoms with Crippen LogP contribution < -0.4 is 4.74 Å². The summed E-state index contributed by atoms with van der Waals surface area (Å²) in [5.41, 5.74) is 1.19. The molecule has 0 fully saturated rings. The second-order valence-corrected chi connectivity index (χ2v) is 7.19. The molecule has 5 heteroatoms. The lowest BCUT2D eigenvalue weighted by Gasteiger charge is -2.11. The summed E-state index contributed by atoms with van der Waals surface area (Å²) in [6, 6.07) is 13.9. The highest BCUT2D eigenvalue weighted by Crippen LogP contribution is 2.20. The van der Waals surface area contributed by atoms with Crippen LogP contribution in [0.15, 0.2) is 48.5 Å². The predicted octanol–water partition coefficient (Wildman–Crippen LogP) is 5.96. The molecule has 0 saturated heterocycles. The molecule has 0 N–H and O–H groups in total. The molecule has 0 aliphatic carbocycles. The summed E-state index contributed by atoms with van der Waals surface area (Å²) in [6.07, 6.45) is 8.03. The molecule has 0 amide bonds. The molecule has 0 aliphatic rings. The van der Waals surface area contributed by atoms with Crippen molar-refractivity contribution in [1.29, 1.82) is 0 Å². The summed E-state index contributed by atoms with van der Waals surface area (Å²) in [5, 5.41) is 0. The van der Waals surface area contributed by atoms with Gasteiger partial charge in [-0.2, -0.15) is 0 Å². The van der Waals surface area contributed by atoms with E-state index in [2.05, 4.69) is 6.92 Å². The number of para-hydroxylation sites is 1.